The fourth-order valence-electron chi connectivity index (χ4n) is 3.11. The summed E-state index contributed by atoms with van der Waals surface area (Å²) >= 11 is 12.4. The molecule has 0 amide bonds. The van der Waals surface area contributed by atoms with Crippen LogP contribution >= 0.6 is 23.2 Å². The first-order valence-electron chi connectivity index (χ1n) is 8.39. The number of nitrogens with zero attached hydrogens (tertiary/aromatic N) is 4. The normalized spacial score (nSPS) is 20.0. The lowest BCUT2D eigenvalue weighted by Crippen LogP contribution is -2.20. The Morgan fingerprint density at radius 1 is 1.23 bits per heavy atom. The number of anilines is 1. The van der Waals surface area contributed by atoms with Crippen molar-refractivity contribution in [3.05, 3.63) is 46.3 Å². The highest BCUT2D eigenvalue weighted by Crippen LogP contribution is 2.31. The highest BCUT2D eigenvalue weighted by Gasteiger charge is 2.28. The Hall–Kier alpha value is -1.93. The van der Waals surface area contributed by atoms with Gasteiger partial charge >= 0.3 is 0 Å². The molecule has 0 bridgehead atoms. The molecule has 0 spiro atoms. The van der Waals surface area contributed by atoms with Crippen LogP contribution in [0, 0.1) is 0 Å². The second-order valence-corrected chi connectivity index (χ2v) is 6.88. The number of fused-ring (bicyclic) bond motifs is 1. The SMILES string of the molecule is NCC1CCC(n2ncc3c(NCc4ccccc4Cl)nc(Cl)nc32)O1. The molecule has 3 heterocycles. The van der Waals surface area contributed by atoms with Crippen LogP contribution in [0.15, 0.2) is 30.5 Å². The van der Waals surface area contributed by atoms with Crippen LogP contribution in [0.25, 0.3) is 11.0 Å². The Morgan fingerprint density at radius 2 is 2.08 bits per heavy atom. The summed E-state index contributed by atoms with van der Waals surface area (Å²) in [6.07, 6.45) is 3.32. The number of rotatable bonds is 5. The smallest absolute Gasteiger partial charge is 0.226 e. The average Bonchev–Trinajstić information content (AvgIpc) is 3.27. The van der Waals surface area contributed by atoms with Crippen LogP contribution in [0.3, 0.4) is 0 Å². The Labute approximate surface area is 160 Å². The monoisotopic (exact) mass is 392 g/mol. The third kappa shape index (κ3) is 3.35. The van der Waals surface area contributed by atoms with Crippen molar-refractivity contribution in [2.45, 2.75) is 31.7 Å². The average molecular weight is 393 g/mol. The molecule has 7 nitrogen and oxygen atoms in total. The molecule has 26 heavy (non-hydrogen) atoms. The van der Waals surface area contributed by atoms with E-state index in [1.165, 1.54) is 0 Å². The third-order valence-electron chi connectivity index (χ3n) is 4.45. The quantitative estimate of drug-likeness (QED) is 0.646. The summed E-state index contributed by atoms with van der Waals surface area (Å²) in [5, 5.41) is 9.34. The van der Waals surface area contributed by atoms with Gasteiger partial charge in [0.2, 0.25) is 5.28 Å². The van der Waals surface area contributed by atoms with Crippen LogP contribution in [0.5, 0.6) is 0 Å². The minimum absolute atomic E-state index is 0.0503. The first-order valence-corrected chi connectivity index (χ1v) is 9.15. The van der Waals surface area contributed by atoms with Gasteiger partial charge in [0.15, 0.2) is 11.9 Å². The van der Waals surface area contributed by atoms with Crippen LogP contribution in [0.4, 0.5) is 5.82 Å². The zero-order chi connectivity index (χ0) is 18.1. The van der Waals surface area contributed by atoms with Gasteiger partial charge < -0.3 is 15.8 Å². The molecule has 9 heteroatoms. The molecule has 0 radical (unpaired) electrons. The number of halogens is 2. The summed E-state index contributed by atoms with van der Waals surface area (Å²) < 4.78 is 7.67. The van der Waals surface area contributed by atoms with Gasteiger partial charge in [-0.25, -0.2) is 4.68 Å². The van der Waals surface area contributed by atoms with Crippen molar-refractivity contribution < 1.29 is 4.74 Å². The predicted molar refractivity (Wildman–Crippen MR) is 101 cm³/mol. The second-order valence-electron chi connectivity index (χ2n) is 6.14. The molecule has 1 saturated heterocycles. The van der Waals surface area contributed by atoms with Gasteiger partial charge in [-0.2, -0.15) is 15.1 Å². The summed E-state index contributed by atoms with van der Waals surface area (Å²) in [6, 6.07) is 7.64. The fourth-order valence-corrected chi connectivity index (χ4v) is 3.47. The summed E-state index contributed by atoms with van der Waals surface area (Å²) in [5.41, 5.74) is 7.30. The number of hydrogen-bond donors (Lipinski definition) is 2. The highest BCUT2D eigenvalue weighted by atomic mass is 35.5. The van der Waals surface area contributed by atoms with Crippen LogP contribution in [-0.4, -0.2) is 32.4 Å². The molecule has 4 rings (SSSR count). The van der Waals surface area contributed by atoms with Crippen molar-refractivity contribution in [1.82, 2.24) is 19.7 Å². The minimum atomic E-state index is -0.191. The molecule has 2 unspecified atom stereocenters. The maximum absolute atomic E-state index is 6.22. The second kappa shape index (κ2) is 7.36. The number of ether oxygens (including phenoxy) is 1. The van der Waals surface area contributed by atoms with Crippen molar-refractivity contribution in [3.8, 4) is 0 Å². The molecule has 0 saturated carbocycles. The topological polar surface area (TPSA) is 90.9 Å². The Kier molecular flexibility index (Phi) is 4.95. The molecule has 2 atom stereocenters. The van der Waals surface area contributed by atoms with E-state index in [-0.39, 0.29) is 17.6 Å². The molecule has 2 aromatic heterocycles. The Balaban J connectivity index is 1.63. The Morgan fingerprint density at radius 3 is 2.85 bits per heavy atom. The minimum Gasteiger partial charge on any atom is -0.365 e. The van der Waals surface area contributed by atoms with Crippen molar-refractivity contribution in [1.29, 1.82) is 0 Å². The van der Waals surface area contributed by atoms with Crippen molar-refractivity contribution in [3.63, 3.8) is 0 Å². The summed E-state index contributed by atoms with van der Waals surface area (Å²) in [6.45, 7) is 1.01. The summed E-state index contributed by atoms with van der Waals surface area (Å²) in [4.78, 5) is 8.64. The lowest BCUT2D eigenvalue weighted by molar-refractivity contribution is 0.00151. The number of nitrogens with two attached hydrogens (primary N) is 1. The molecule has 1 aliphatic rings. The molecule has 3 aromatic rings. The lowest BCUT2D eigenvalue weighted by atomic mass is 10.2. The molecule has 3 N–H and O–H groups in total. The summed E-state index contributed by atoms with van der Waals surface area (Å²) in [5.74, 6) is 0.611. The predicted octanol–water partition coefficient (Wildman–Crippen LogP) is 3.38. The van der Waals surface area contributed by atoms with E-state index in [4.69, 9.17) is 33.7 Å². The fraction of sp³-hybridized carbons (Fsp3) is 0.353. The van der Waals surface area contributed by atoms with E-state index in [0.29, 0.717) is 29.6 Å². The first-order chi connectivity index (χ1) is 12.7. The molecule has 1 aromatic carbocycles. The van der Waals surface area contributed by atoms with E-state index < -0.39 is 0 Å². The highest BCUT2D eigenvalue weighted by molar-refractivity contribution is 6.31. The van der Waals surface area contributed by atoms with Crippen molar-refractivity contribution in [2.24, 2.45) is 5.73 Å². The van der Waals surface area contributed by atoms with Gasteiger partial charge in [-0.3, -0.25) is 0 Å². The maximum Gasteiger partial charge on any atom is 0.226 e. The van der Waals surface area contributed by atoms with Gasteiger partial charge in [0.05, 0.1) is 17.7 Å². The number of benzene rings is 1. The van der Waals surface area contributed by atoms with Crippen molar-refractivity contribution in [2.75, 3.05) is 11.9 Å². The van der Waals surface area contributed by atoms with E-state index >= 15 is 0 Å². The van der Waals surface area contributed by atoms with Gasteiger partial charge in [-0.05, 0) is 36.1 Å². The molecule has 136 valence electrons. The van der Waals surface area contributed by atoms with E-state index in [0.717, 1.165) is 23.8 Å². The molecule has 0 aliphatic carbocycles. The van der Waals surface area contributed by atoms with E-state index in [1.807, 2.05) is 24.3 Å². The van der Waals surface area contributed by atoms with E-state index in [2.05, 4.69) is 20.4 Å². The van der Waals surface area contributed by atoms with Gasteiger partial charge in [-0.15, -0.1) is 0 Å². The Bertz CT molecular complexity index is 931. The van der Waals surface area contributed by atoms with Crippen LogP contribution < -0.4 is 11.1 Å². The molecule has 1 aliphatic heterocycles. The summed E-state index contributed by atoms with van der Waals surface area (Å²) in [7, 11) is 0. The van der Waals surface area contributed by atoms with Gasteiger partial charge in [0.25, 0.3) is 0 Å². The maximum atomic E-state index is 6.22. The van der Waals surface area contributed by atoms with Crippen LogP contribution in [0.1, 0.15) is 24.6 Å². The number of aromatic nitrogens is 4. The lowest BCUT2D eigenvalue weighted by Gasteiger charge is -2.14. The zero-order valence-electron chi connectivity index (χ0n) is 13.9. The van der Waals surface area contributed by atoms with Crippen LogP contribution in [0.2, 0.25) is 10.3 Å². The number of hydrogen-bond acceptors (Lipinski definition) is 6. The molecular weight excluding hydrogens is 375 g/mol. The molecular formula is C17H18Cl2N6O. The first kappa shape index (κ1) is 17.5. The van der Waals surface area contributed by atoms with Gasteiger partial charge in [-0.1, -0.05) is 29.8 Å². The largest absolute Gasteiger partial charge is 0.365 e. The number of nitrogens with one attached hydrogen (secondary N) is 1. The van der Waals surface area contributed by atoms with E-state index in [9.17, 15) is 0 Å². The molecule has 1 fully saturated rings. The van der Waals surface area contributed by atoms with Crippen molar-refractivity contribution >= 4 is 40.1 Å². The third-order valence-corrected chi connectivity index (χ3v) is 4.99. The standard InChI is InChI=1S/C17H18Cl2N6O/c18-13-4-2-1-3-10(13)8-21-15-12-9-22-25(16(12)24-17(19)23-15)14-6-5-11(7-20)26-14/h1-4,9,11,14H,5-8,20H2,(H,21,23,24). The van der Waals surface area contributed by atoms with Gasteiger partial charge in [0, 0.05) is 18.1 Å². The van der Waals surface area contributed by atoms with Crippen LogP contribution in [-0.2, 0) is 11.3 Å². The van der Waals surface area contributed by atoms with Gasteiger partial charge in [0.1, 0.15) is 5.82 Å². The zero-order valence-corrected chi connectivity index (χ0v) is 15.4. The van der Waals surface area contributed by atoms with E-state index in [1.54, 1.807) is 10.9 Å².